The van der Waals surface area contributed by atoms with Gasteiger partial charge in [-0.05, 0) is 36.4 Å². The SMILES string of the molecule is N/N=C(/c1nc(Nc2ccccc2)nc(Nc2ccccc2)n1)c1ccc(O)cc1O. The number of benzene rings is 3. The minimum absolute atomic E-state index is 0.0915. The number of nitrogens with zero attached hydrogens (tertiary/aromatic N) is 4. The van der Waals surface area contributed by atoms with E-state index in [4.69, 9.17) is 5.84 Å². The van der Waals surface area contributed by atoms with Crippen molar-refractivity contribution >= 4 is 29.0 Å². The molecule has 0 saturated carbocycles. The molecule has 1 heterocycles. The smallest absolute Gasteiger partial charge is 0.232 e. The third-order valence-electron chi connectivity index (χ3n) is 4.27. The van der Waals surface area contributed by atoms with Crippen LogP contribution in [0.15, 0.2) is 84.0 Å². The lowest BCUT2D eigenvalue weighted by atomic mass is 10.1. The molecule has 0 aliphatic rings. The lowest BCUT2D eigenvalue weighted by molar-refractivity contribution is 0.450. The van der Waals surface area contributed by atoms with Gasteiger partial charge in [0.1, 0.15) is 17.2 Å². The van der Waals surface area contributed by atoms with E-state index in [-0.39, 0.29) is 40.5 Å². The van der Waals surface area contributed by atoms with Crippen molar-refractivity contribution in [2.24, 2.45) is 10.9 Å². The molecule has 0 aliphatic carbocycles. The number of nitrogens with two attached hydrogens (primary N) is 1. The number of aromatic nitrogens is 3. The molecule has 9 heteroatoms. The standard InChI is InChI=1S/C22H19N7O2/c23-29-19(17-12-11-16(30)13-18(17)31)20-26-21(24-14-7-3-1-4-8-14)28-22(27-20)25-15-9-5-2-6-10-15/h1-13,30-31H,23H2,(H2,24,25,26,27,28)/b29-19+. The van der Waals surface area contributed by atoms with Gasteiger partial charge in [0.25, 0.3) is 0 Å². The van der Waals surface area contributed by atoms with E-state index in [1.807, 2.05) is 60.7 Å². The summed E-state index contributed by atoms with van der Waals surface area (Å²) < 4.78 is 0. The average molecular weight is 413 g/mol. The Balaban J connectivity index is 1.77. The largest absolute Gasteiger partial charge is 0.508 e. The van der Waals surface area contributed by atoms with Gasteiger partial charge in [0.2, 0.25) is 11.9 Å². The number of phenolic OH excluding ortho intramolecular Hbond substituents is 2. The quantitative estimate of drug-likeness (QED) is 0.184. The number of rotatable bonds is 6. The van der Waals surface area contributed by atoms with E-state index in [0.717, 1.165) is 11.4 Å². The Morgan fingerprint density at radius 1 is 0.742 bits per heavy atom. The molecule has 0 aliphatic heterocycles. The molecule has 31 heavy (non-hydrogen) atoms. The van der Waals surface area contributed by atoms with E-state index in [1.54, 1.807) is 0 Å². The van der Waals surface area contributed by atoms with Gasteiger partial charge in [-0.2, -0.15) is 20.1 Å². The van der Waals surface area contributed by atoms with Crippen molar-refractivity contribution in [3.8, 4) is 11.5 Å². The van der Waals surface area contributed by atoms with Gasteiger partial charge in [-0.25, -0.2) is 0 Å². The van der Waals surface area contributed by atoms with Gasteiger partial charge in [-0.15, -0.1) is 0 Å². The third-order valence-corrected chi connectivity index (χ3v) is 4.27. The molecular weight excluding hydrogens is 394 g/mol. The number of nitrogens with one attached hydrogen (secondary N) is 2. The number of anilines is 4. The summed E-state index contributed by atoms with van der Waals surface area (Å²) in [5.41, 5.74) is 1.96. The first-order chi connectivity index (χ1) is 15.1. The molecule has 0 fully saturated rings. The minimum Gasteiger partial charge on any atom is -0.508 e. The number of hydrogen-bond donors (Lipinski definition) is 5. The van der Waals surface area contributed by atoms with Gasteiger partial charge in [0.15, 0.2) is 5.82 Å². The summed E-state index contributed by atoms with van der Waals surface area (Å²) in [7, 11) is 0. The molecule has 0 amide bonds. The number of aromatic hydroxyl groups is 2. The summed E-state index contributed by atoms with van der Waals surface area (Å²) in [4.78, 5) is 13.3. The van der Waals surface area contributed by atoms with E-state index in [2.05, 4.69) is 30.7 Å². The molecule has 0 unspecified atom stereocenters. The van der Waals surface area contributed by atoms with Crippen LogP contribution >= 0.6 is 0 Å². The summed E-state index contributed by atoms with van der Waals surface area (Å²) in [5, 5.41) is 29.9. The maximum absolute atomic E-state index is 10.3. The first kappa shape index (κ1) is 19.6. The summed E-state index contributed by atoms with van der Waals surface area (Å²) >= 11 is 0. The molecular formula is C22H19N7O2. The number of phenols is 2. The average Bonchev–Trinajstić information content (AvgIpc) is 2.77. The van der Waals surface area contributed by atoms with Crippen molar-refractivity contribution in [1.29, 1.82) is 0 Å². The Morgan fingerprint density at radius 2 is 1.29 bits per heavy atom. The fourth-order valence-corrected chi connectivity index (χ4v) is 2.86. The van der Waals surface area contributed by atoms with Gasteiger partial charge in [0.05, 0.1) is 0 Å². The van der Waals surface area contributed by atoms with Crippen molar-refractivity contribution in [1.82, 2.24) is 15.0 Å². The Kier molecular flexibility index (Phi) is 5.57. The topological polar surface area (TPSA) is 142 Å². The van der Waals surface area contributed by atoms with E-state index in [9.17, 15) is 10.2 Å². The van der Waals surface area contributed by atoms with Crippen LogP contribution in [-0.4, -0.2) is 30.9 Å². The fourth-order valence-electron chi connectivity index (χ4n) is 2.86. The predicted molar refractivity (Wildman–Crippen MR) is 119 cm³/mol. The number of para-hydroxylation sites is 2. The highest BCUT2D eigenvalue weighted by Gasteiger charge is 2.18. The molecule has 6 N–H and O–H groups in total. The lowest BCUT2D eigenvalue weighted by Crippen LogP contribution is -2.15. The molecule has 4 rings (SSSR count). The molecule has 0 bridgehead atoms. The molecule has 0 radical (unpaired) electrons. The van der Waals surface area contributed by atoms with Crippen LogP contribution in [0.25, 0.3) is 0 Å². The first-order valence-corrected chi connectivity index (χ1v) is 9.33. The van der Waals surface area contributed by atoms with Crippen molar-refractivity contribution in [2.75, 3.05) is 10.6 Å². The first-order valence-electron chi connectivity index (χ1n) is 9.33. The van der Waals surface area contributed by atoms with Gasteiger partial charge in [-0.1, -0.05) is 36.4 Å². The summed E-state index contributed by atoms with van der Waals surface area (Å²) in [5.74, 6) is 5.97. The number of hydrogen-bond acceptors (Lipinski definition) is 9. The minimum atomic E-state index is -0.209. The molecule has 3 aromatic carbocycles. The second-order valence-electron chi connectivity index (χ2n) is 6.47. The zero-order valence-corrected chi connectivity index (χ0v) is 16.3. The monoisotopic (exact) mass is 413 g/mol. The highest BCUT2D eigenvalue weighted by Crippen LogP contribution is 2.26. The van der Waals surface area contributed by atoms with E-state index >= 15 is 0 Å². The van der Waals surface area contributed by atoms with E-state index in [0.29, 0.717) is 0 Å². The summed E-state index contributed by atoms with van der Waals surface area (Å²) in [6.07, 6.45) is 0. The molecule has 0 spiro atoms. The van der Waals surface area contributed by atoms with E-state index in [1.165, 1.54) is 18.2 Å². The van der Waals surface area contributed by atoms with Crippen LogP contribution in [0.4, 0.5) is 23.3 Å². The lowest BCUT2D eigenvalue weighted by Gasteiger charge is -2.12. The van der Waals surface area contributed by atoms with Crippen LogP contribution in [0.2, 0.25) is 0 Å². The molecule has 0 atom stereocenters. The van der Waals surface area contributed by atoms with Gasteiger partial charge in [-0.3, -0.25) is 0 Å². The fraction of sp³-hybridized carbons (Fsp3) is 0. The Hall–Kier alpha value is -4.66. The molecule has 1 aromatic heterocycles. The zero-order chi connectivity index (χ0) is 21.6. The molecule has 4 aromatic rings. The maximum atomic E-state index is 10.3. The van der Waals surface area contributed by atoms with Crippen molar-refractivity contribution in [3.63, 3.8) is 0 Å². The number of hydrazone groups is 1. The highest BCUT2D eigenvalue weighted by atomic mass is 16.3. The predicted octanol–water partition coefficient (Wildman–Crippen LogP) is 3.48. The zero-order valence-electron chi connectivity index (χ0n) is 16.3. The second-order valence-corrected chi connectivity index (χ2v) is 6.47. The normalized spacial score (nSPS) is 11.2. The molecule has 0 saturated heterocycles. The maximum Gasteiger partial charge on any atom is 0.232 e. The Morgan fingerprint density at radius 3 is 1.77 bits per heavy atom. The van der Waals surface area contributed by atoms with Crippen LogP contribution in [0.3, 0.4) is 0 Å². The van der Waals surface area contributed by atoms with Crippen LogP contribution in [-0.2, 0) is 0 Å². The van der Waals surface area contributed by atoms with Crippen molar-refractivity contribution < 1.29 is 10.2 Å². The van der Waals surface area contributed by atoms with Crippen molar-refractivity contribution in [3.05, 3.63) is 90.3 Å². The Bertz CT molecular complexity index is 1160. The van der Waals surface area contributed by atoms with Gasteiger partial charge in [0, 0.05) is 23.0 Å². The van der Waals surface area contributed by atoms with E-state index < -0.39 is 0 Å². The van der Waals surface area contributed by atoms with Gasteiger partial charge >= 0.3 is 0 Å². The van der Waals surface area contributed by atoms with Crippen LogP contribution < -0.4 is 16.5 Å². The van der Waals surface area contributed by atoms with Crippen molar-refractivity contribution in [2.45, 2.75) is 0 Å². The Labute approximate surface area is 178 Å². The summed E-state index contributed by atoms with van der Waals surface area (Å²) in [6, 6.07) is 22.9. The van der Waals surface area contributed by atoms with Crippen LogP contribution in [0, 0.1) is 0 Å². The third kappa shape index (κ3) is 4.67. The highest BCUT2D eigenvalue weighted by molar-refractivity contribution is 6.12. The van der Waals surface area contributed by atoms with Crippen LogP contribution in [0.5, 0.6) is 11.5 Å². The summed E-state index contributed by atoms with van der Waals surface area (Å²) in [6.45, 7) is 0. The second kappa shape index (κ2) is 8.78. The molecule has 9 nitrogen and oxygen atoms in total. The van der Waals surface area contributed by atoms with Gasteiger partial charge < -0.3 is 26.7 Å². The van der Waals surface area contributed by atoms with Crippen LogP contribution in [0.1, 0.15) is 11.4 Å². The molecule has 154 valence electrons.